The van der Waals surface area contributed by atoms with Gasteiger partial charge in [0.15, 0.2) is 17.2 Å². The van der Waals surface area contributed by atoms with Gasteiger partial charge in [0, 0.05) is 17.5 Å². The van der Waals surface area contributed by atoms with Crippen molar-refractivity contribution in [2.75, 3.05) is 7.11 Å². The van der Waals surface area contributed by atoms with Crippen molar-refractivity contribution in [3.63, 3.8) is 0 Å². The SMILES string of the molecule is COc1cc(/C=C2/N=C(c3ccc(Cl)cc3)OC2=O)cc(Cl)c1OC(C)=O. The number of esters is 2. The van der Waals surface area contributed by atoms with Gasteiger partial charge in [-0.1, -0.05) is 23.2 Å². The van der Waals surface area contributed by atoms with Crippen LogP contribution in [0.15, 0.2) is 47.1 Å². The first-order chi connectivity index (χ1) is 12.9. The summed E-state index contributed by atoms with van der Waals surface area (Å²) in [6, 6.07) is 9.84. The van der Waals surface area contributed by atoms with Crippen LogP contribution in [0.1, 0.15) is 18.1 Å². The molecule has 3 rings (SSSR count). The maximum atomic E-state index is 12.1. The van der Waals surface area contributed by atoms with E-state index in [-0.39, 0.29) is 28.1 Å². The third-order valence-electron chi connectivity index (χ3n) is 3.51. The molecule has 6 nitrogen and oxygen atoms in total. The number of hydrogen-bond donors (Lipinski definition) is 0. The Kier molecular flexibility index (Phi) is 5.48. The normalized spacial score (nSPS) is 14.7. The molecule has 2 aromatic rings. The molecule has 0 fully saturated rings. The van der Waals surface area contributed by atoms with Gasteiger partial charge in [0.1, 0.15) is 0 Å². The molecule has 0 amide bonds. The molecule has 0 unspecified atom stereocenters. The van der Waals surface area contributed by atoms with Gasteiger partial charge >= 0.3 is 11.9 Å². The number of carbonyl (C=O) groups excluding carboxylic acids is 2. The van der Waals surface area contributed by atoms with Gasteiger partial charge in [0.2, 0.25) is 5.90 Å². The largest absolute Gasteiger partial charge is 0.493 e. The van der Waals surface area contributed by atoms with Crippen molar-refractivity contribution < 1.29 is 23.8 Å². The molecule has 0 saturated carbocycles. The van der Waals surface area contributed by atoms with Crippen LogP contribution in [0.25, 0.3) is 6.08 Å². The quantitative estimate of drug-likeness (QED) is 0.431. The Hall–Kier alpha value is -2.83. The number of benzene rings is 2. The minimum absolute atomic E-state index is 0.0957. The summed E-state index contributed by atoms with van der Waals surface area (Å²) in [6.07, 6.45) is 1.50. The van der Waals surface area contributed by atoms with E-state index in [0.717, 1.165) is 0 Å². The molecule has 0 aliphatic carbocycles. The molecular formula is C19H13Cl2NO5. The third kappa shape index (κ3) is 4.30. The van der Waals surface area contributed by atoms with Crippen LogP contribution in [0.4, 0.5) is 0 Å². The average Bonchev–Trinajstić information content (AvgIpc) is 2.98. The topological polar surface area (TPSA) is 74.2 Å². The number of rotatable bonds is 4. The van der Waals surface area contributed by atoms with Crippen LogP contribution in [0.5, 0.6) is 11.5 Å². The van der Waals surface area contributed by atoms with Crippen molar-refractivity contribution in [3.8, 4) is 11.5 Å². The Balaban J connectivity index is 1.96. The average molecular weight is 406 g/mol. The van der Waals surface area contributed by atoms with Gasteiger partial charge in [-0.3, -0.25) is 4.79 Å². The van der Waals surface area contributed by atoms with E-state index >= 15 is 0 Å². The Morgan fingerprint density at radius 2 is 1.89 bits per heavy atom. The fourth-order valence-corrected chi connectivity index (χ4v) is 2.73. The summed E-state index contributed by atoms with van der Waals surface area (Å²) in [5.74, 6) is -0.597. The molecule has 1 aliphatic rings. The highest BCUT2D eigenvalue weighted by atomic mass is 35.5. The van der Waals surface area contributed by atoms with Gasteiger partial charge in [0.05, 0.1) is 12.1 Å². The van der Waals surface area contributed by atoms with E-state index in [0.29, 0.717) is 16.1 Å². The van der Waals surface area contributed by atoms with E-state index < -0.39 is 11.9 Å². The van der Waals surface area contributed by atoms with Gasteiger partial charge in [0.25, 0.3) is 0 Å². The van der Waals surface area contributed by atoms with Gasteiger partial charge < -0.3 is 14.2 Å². The summed E-state index contributed by atoms with van der Waals surface area (Å²) < 4.78 is 15.5. The molecule has 0 N–H and O–H groups in total. The number of cyclic esters (lactones) is 1. The van der Waals surface area contributed by atoms with E-state index in [1.165, 1.54) is 26.2 Å². The lowest BCUT2D eigenvalue weighted by Crippen LogP contribution is -2.05. The number of methoxy groups -OCH3 is 1. The Morgan fingerprint density at radius 1 is 1.19 bits per heavy atom. The van der Waals surface area contributed by atoms with Crippen LogP contribution < -0.4 is 9.47 Å². The zero-order valence-electron chi connectivity index (χ0n) is 14.3. The number of carbonyl (C=O) groups is 2. The van der Waals surface area contributed by atoms with E-state index in [2.05, 4.69) is 4.99 Å². The molecular weight excluding hydrogens is 393 g/mol. The molecule has 0 saturated heterocycles. The Morgan fingerprint density at radius 3 is 2.52 bits per heavy atom. The first-order valence-corrected chi connectivity index (χ1v) is 8.47. The van der Waals surface area contributed by atoms with Crippen molar-refractivity contribution in [3.05, 3.63) is 63.3 Å². The fraction of sp³-hybridized carbons (Fsp3) is 0.105. The summed E-state index contributed by atoms with van der Waals surface area (Å²) in [5, 5.41) is 0.721. The predicted octanol–water partition coefficient (Wildman–Crippen LogP) is 4.27. The lowest BCUT2D eigenvalue weighted by atomic mass is 10.1. The summed E-state index contributed by atoms with van der Waals surface area (Å²) in [7, 11) is 1.41. The molecule has 8 heteroatoms. The molecule has 27 heavy (non-hydrogen) atoms. The van der Waals surface area contributed by atoms with Crippen LogP contribution in [-0.4, -0.2) is 24.9 Å². The van der Waals surface area contributed by atoms with Gasteiger partial charge in [-0.2, -0.15) is 0 Å². The monoisotopic (exact) mass is 405 g/mol. The molecule has 1 heterocycles. The molecule has 0 radical (unpaired) electrons. The number of halogens is 2. The highest BCUT2D eigenvalue weighted by Gasteiger charge is 2.24. The van der Waals surface area contributed by atoms with Crippen molar-refractivity contribution in [2.45, 2.75) is 6.92 Å². The number of hydrogen-bond acceptors (Lipinski definition) is 6. The second kappa shape index (κ2) is 7.82. The van der Waals surface area contributed by atoms with Crippen molar-refractivity contribution in [2.24, 2.45) is 4.99 Å². The smallest absolute Gasteiger partial charge is 0.363 e. The van der Waals surface area contributed by atoms with E-state index in [1.54, 1.807) is 30.3 Å². The number of ether oxygens (including phenoxy) is 3. The van der Waals surface area contributed by atoms with Crippen LogP contribution in [0, 0.1) is 0 Å². The van der Waals surface area contributed by atoms with Gasteiger partial charge in [-0.25, -0.2) is 9.79 Å². The van der Waals surface area contributed by atoms with Crippen molar-refractivity contribution in [1.29, 1.82) is 0 Å². The van der Waals surface area contributed by atoms with E-state index in [1.807, 2.05) is 0 Å². The zero-order chi connectivity index (χ0) is 19.6. The maximum Gasteiger partial charge on any atom is 0.363 e. The molecule has 0 atom stereocenters. The number of aliphatic imine (C=N–C) groups is 1. The summed E-state index contributed by atoms with van der Waals surface area (Å²) in [4.78, 5) is 27.5. The minimum Gasteiger partial charge on any atom is -0.493 e. The first kappa shape index (κ1) is 18.9. The third-order valence-corrected chi connectivity index (χ3v) is 4.05. The molecule has 0 spiro atoms. The summed E-state index contributed by atoms with van der Waals surface area (Å²) in [5.41, 5.74) is 1.25. The molecule has 2 aromatic carbocycles. The zero-order valence-corrected chi connectivity index (χ0v) is 15.8. The lowest BCUT2D eigenvalue weighted by Gasteiger charge is -2.10. The van der Waals surface area contributed by atoms with Crippen LogP contribution >= 0.6 is 23.2 Å². The van der Waals surface area contributed by atoms with Gasteiger partial charge in [-0.15, -0.1) is 0 Å². The highest BCUT2D eigenvalue weighted by Crippen LogP contribution is 2.37. The number of nitrogens with zero attached hydrogens (tertiary/aromatic N) is 1. The first-order valence-electron chi connectivity index (χ1n) is 7.72. The predicted molar refractivity (Wildman–Crippen MR) is 101 cm³/mol. The molecule has 0 bridgehead atoms. The highest BCUT2D eigenvalue weighted by molar-refractivity contribution is 6.32. The molecule has 1 aliphatic heterocycles. The Bertz CT molecular complexity index is 980. The second-order valence-electron chi connectivity index (χ2n) is 5.47. The standard InChI is InChI=1S/C19H13Cl2NO5/c1-10(23)26-17-14(21)7-11(9-16(17)25-2)8-15-19(24)27-18(22-15)12-3-5-13(20)6-4-12/h3-9H,1-2H3/b15-8+. The van der Waals surface area contributed by atoms with Crippen LogP contribution in [0.3, 0.4) is 0 Å². The van der Waals surface area contributed by atoms with Crippen molar-refractivity contribution >= 4 is 47.1 Å². The van der Waals surface area contributed by atoms with Crippen molar-refractivity contribution in [1.82, 2.24) is 0 Å². The maximum absolute atomic E-state index is 12.1. The lowest BCUT2D eigenvalue weighted by molar-refractivity contribution is -0.132. The molecule has 138 valence electrons. The van der Waals surface area contributed by atoms with Gasteiger partial charge in [-0.05, 0) is 48.0 Å². The fourth-order valence-electron chi connectivity index (χ4n) is 2.35. The van der Waals surface area contributed by atoms with Crippen LogP contribution in [0.2, 0.25) is 10.0 Å². The summed E-state index contributed by atoms with van der Waals surface area (Å²) >= 11 is 12.0. The van der Waals surface area contributed by atoms with E-state index in [9.17, 15) is 9.59 Å². The Labute approximate surface area is 165 Å². The summed E-state index contributed by atoms with van der Waals surface area (Å²) in [6.45, 7) is 1.26. The molecule has 0 aromatic heterocycles. The van der Waals surface area contributed by atoms with Crippen LogP contribution in [-0.2, 0) is 14.3 Å². The minimum atomic E-state index is -0.598. The second-order valence-corrected chi connectivity index (χ2v) is 6.31. The van der Waals surface area contributed by atoms with E-state index in [4.69, 9.17) is 37.4 Å².